The summed E-state index contributed by atoms with van der Waals surface area (Å²) in [5.41, 5.74) is 5.09. The molecule has 1 atom stereocenters. The first-order chi connectivity index (χ1) is 8.81. The summed E-state index contributed by atoms with van der Waals surface area (Å²) in [6, 6.07) is 1.59. The van der Waals surface area contributed by atoms with Crippen LogP contribution in [0.2, 0.25) is 0 Å². The van der Waals surface area contributed by atoms with Crippen LogP contribution in [0.15, 0.2) is 17.0 Å². The van der Waals surface area contributed by atoms with Crippen LogP contribution in [0.5, 0.6) is 0 Å². The molecule has 0 radical (unpaired) electrons. The molecule has 3 N–H and O–H groups in total. The Kier molecular flexibility index (Phi) is 3.78. The maximum atomic E-state index is 13.6. The topological polar surface area (TPSA) is 72.2 Å². The molecule has 19 heavy (non-hydrogen) atoms. The predicted molar refractivity (Wildman–Crippen MR) is 67.8 cm³/mol. The lowest BCUT2D eigenvalue weighted by molar-refractivity contribution is 0.481. The first kappa shape index (κ1) is 14.2. The van der Waals surface area contributed by atoms with Gasteiger partial charge in [-0.15, -0.1) is 0 Å². The van der Waals surface area contributed by atoms with Crippen molar-refractivity contribution in [3.63, 3.8) is 0 Å². The van der Waals surface area contributed by atoms with Crippen molar-refractivity contribution in [2.24, 2.45) is 11.8 Å². The Labute approximate surface area is 111 Å². The third-order valence-corrected chi connectivity index (χ3v) is 4.79. The van der Waals surface area contributed by atoms with Gasteiger partial charge in [0.25, 0.3) is 0 Å². The van der Waals surface area contributed by atoms with E-state index in [1.807, 2.05) is 6.92 Å². The number of hydrogen-bond donors (Lipinski definition) is 2. The Morgan fingerprint density at radius 2 is 1.89 bits per heavy atom. The maximum Gasteiger partial charge on any atom is 0.246 e. The Hall–Kier alpha value is -1.21. The molecule has 1 aliphatic rings. The zero-order chi connectivity index (χ0) is 14.2. The van der Waals surface area contributed by atoms with Crippen LogP contribution in [0.25, 0.3) is 0 Å². The van der Waals surface area contributed by atoms with E-state index in [0.29, 0.717) is 5.92 Å². The van der Waals surface area contributed by atoms with Crippen LogP contribution in [0.4, 0.5) is 14.5 Å². The van der Waals surface area contributed by atoms with Crippen LogP contribution in [0.3, 0.4) is 0 Å². The highest BCUT2D eigenvalue weighted by atomic mass is 32.2. The van der Waals surface area contributed by atoms with Gasteiger partial charge in [-0.05, 0) is 36.8 Å². The SMILES string of the molecule is CC(CNS(=O)(=O)c1c(F)cc(N)cc1F)C1CC1. The zero-order valence-electron chi connectivity index (χ0n) is 10.5. The van der Waals surface area contributed by atoms with E-state index >= 15 is 0 Å². The van der Waals surface area contributed by atoms with E-state index in [1.165, 1.54) is 0 Å². The minimum Gasteiger partial charge on any atom is -0.399 e. The molecule has 1 unspecified atom stereocenters. The van der Waals surface area contributed by atoms with Crippen molar-refractivity contribution in [2.45, 2.75) is 24.7 Å². The van der Waals surface area contributed by atoms with Gasteiger partial charge in [-0.3, -0.25) is 0 Å². The van der Waals surface area contributed by atoms with Crippen LogP contribution in [-0.4, -0.2) is 15.0 Å². The smallest absolute Gasteiger partial charge is 0.246 e. The number of anilines is 1. The van der Waals surface area contributed by atoms with Crippen molar-refractivity contribution in [1.82, 2.24) is 4.72 Å². The highest BCUT2D eigenvalue weighted by Gasteiger charge is 2.30. The third kappa shape index (κ3) is 3.22. The predicted octanol–water partition coefficient (Wildman–Crippen LogP) is 1.87. The van der Waals surface area contributed by atoms with E-state index in [9.17, 15) is 17.2 Å². The molecule has 0 aromatic heterocycles. The summed E-state index contributed by atoms with van der Waals surface area (Å²) in [5, 5.41) is 0. The quantitative estimate of drug-likeness (QED) is 0.813. The number of nitrogens with one attached hydrogen (secondary N) is 1. The summed E-state index contributed by atoms with van der Waals surface area (Å²) in [7, 11) is -4.19. The van der Waals surface area contributed by atoms with Crippen LogP contribution < -0.4 is 10.5 Å². The van der Waals surface area contributed by atoms with Crippen LogP contribution in [0.1, 0.15) is 19.8 Å². The van der Waals surface area contributed by atoms with Crippen LogP contribution in [0, 0.1) is 23.5 Å². The lowest BCUT2D eigenvalue weighted by atomic mass is 10.1. The average molecular weight is 290 g/mol. The van der Waals surface area contributed by atoms with Gasteiger partial charge in [-0.25, -0.2) is 21.9 Å². The minimum absolute atomic E-state index is 0.153. The Morgan fingerprint density at radius 1 is 1.37 bits per heavy atom. The van der Waals surface area contributed by atoms with Gasteiger partial charge in [0.15, 0.2) is 4.90 Å². The first-order valence-corrected chi connectivity index (χ1v) is 7.54. The van der Waals surface area contributed by atoms with E-state index in [2.05, 4.69) is 4.72 Å². The maximum absolute atomic E-state index is 13.6. The molecular formula is C12H16F2N2O2S. The van der Waals surface area contributed by atoms with Crippen molar-refractivity contribution in [2.75, 3.05) is 12.3 Å². The molecular weight excluding hydrogens is 274 g/mol. The summed E-state index contributed by atoms with van der Waals surface area (Å²) in [4.78, 5) is -0.968. The van der Waals surface area contributed by atoms with Crippen molar-refractivity contribution >= 4 is 15.7 Å². The lowest BCUT2D eigenvalue weighted by Gasteiger charge is -2.13. The number of sulfonamides is 1. The van der Waals surface area contributed by atoms with Gasteiger partial charge in [-0.1, -0.05) is 6.92 Å². The second kappa shape index (κ2) is 5.05. The van der Waals surface area contributed by atoms with Crippen molar-refractivity contribution in [3.05, 3.63) is 23.8 Å². The van der Waals surface area contributed by atoms with Gasteiger partial charge in [0.1, 0.15) is 11.6 Å². The van der Waals surface area contributed by atoms with Gasteiger partial charge in [0.05, 0.1) is 0 Å². The van der Waals surface area contributed by atoms with Crippen LogP contribution >= 0.6 is 0 Å². The monoisotopic (exact) mass is 290 g/mol. The van der Waals surface area contributed by atoms with E-state index in [1.54, 1.807) is 0 Å². The van der Waals surface area contributed by atoms with Crippen LogP contribution in [-0.2, 0) is 10.0 Å². The second-order valence-corrected chi connectivity index (χ2v) is 6.68. The number of benzene rings is 1. The molecule has 0 spiro atoms. The molecule has 0 bridgehead atoms. The van der Waals surface area contributed by atoms with Crippen molar-refractivity contribution < 1.29 is 17.2 Å². The lowest BCUT2D eigenvalue weighted by Crippen LogP contribution is -2.30. The Morgan fingerprint density at radius 3 is 2.37 bits per heavy atom. The molecule has 1 aliphatic carbocycles. The van der Waals surface area contributed by atoms with E-state index in [0.717, 1.165) is 25.0 Å². The molecule has 4 nitrogen and oxygen atoms in total. The molecule has 2 rings (SSSR count). The summed E-state index contributed by atoms with van der Waals surface area (Å²) in [6.07, 6.45) is 2.15. The minimum atomic E-state index is -4.19. The fourth-order valence-electron chi connectivity index (χ4n) is 1.98. The van der Waals surface area contributed by atoms with Crippen molar-refractivity contribution in [1.29, 1.82) is 0 Å². The van der Waals surface area contributed by atoms with Gasteiger partial charge in [-0.2, -0.15) is 0 Å². The standard InChI is InChI=1S/C12H16F2N2O2S/c1-7(8-2-3-8)6-16-19(17,18)12-10(13)4-9(15)5-11(12)14/h4-5,7-8,16H,2-3,6,15H2,1H3. The molecule has 1 aromatic carbocycles. The number of halogens is 2. The fourth-order valence-corrected chi connectivity index (χ4v) is 3.24. The highest BCUT2D eigenvalue weighted by Crippen LogP contribution is 2.36. The summed E-state index contributed by atoms with van der Waals surface area (Å²) >= 11 is 0. The molecule has 0 saturated heterocycles. The first-order valence-electron chi connectivity index (χ1n) is 6.05. The fraction of sp³-hybridized carbons (Fsp3) is 0.500. The summed E-state index contributed by atoms with van der Waals surface area (Å²) in [5.74, 6) is -1.69. The number of rotatable bonds is 5. The normalized spacial score (nSPS) is 17.4. The van der Waals surface area contributed by atoms with Gasteiger partial charge >= 0.3 is 0 Å². The van der Waals surface area contributed by atoms with Gasteiger partial charge in [0.2, 0.25) is 10.0 Å². The molecule has 0 heterocycles. The molecule has 106 valence electrons. The Balaban J connectivity index is 2.19. The Bertz CT molecular complexity index is 562. The van der Waals surface area contributed by atoms with E-state index in [-0.39, 0.29) is 18.2 Å². The largest absolute Gasteiger partial charge is 0.399 e. The average Bonchev–Trinajstić information content (AvgIpc) is 3.07. The number of nitrogen functional groups attached to an aromatic ring is 1. The van der Waals surface area contributed by atoms with Gasteiger partial charge in [0, 0.05) is 12.2 Å². The van der Waals surface area contributed by atoms with E-state index in [4.69, 9.17) is 5.73 Å². The zero-order valence-corrected chi connectivity index (χ0v) is 11.3. The molecule has 0 aliphatic heterocycles. The third-order valence-electron chi connectivity index (χ3n) is 3.31. The summed E-state index contributed by atoms with van der Waals surface area (Å²) < 4.78 is 53.2. The van der Waals surface area contributed by atoms with E-state index < -0.39 is 26.6 Å². The summed E-state index contributed by atoms with van der Waals surface area (Å²) in [6.45, 7) is 2.09. The molecule has 0 amide bonds. The molecule has 1 fully saturated rings. The molecule has 1 aromatic rings. The van der Waals surface area contributed by atoms with Gasteiger partial charge < -0.3 is 5.73 Å². The molecule has 1 saturated carbocycles. The highest BCUT2D eigenvalue weighted by molar-refractivity contribution is 7.89. The second-order valence-electron chi connectivity index (χ2n) is 4.98. The van der Waals surface area contributed by atoms with Crippen molar-refractivity contribution in [3.8, 4) is 0 Å². The number of hydrogen-bond acceptors (Lipinski definition) is 3. The molecule has 7 heteroatoms. The number of nitrogens with two attached hydrogens (primary N) is 1.